The van der Waals surface area contributed by atoms with Gasteiger partial charge in [0.25, 0.3) is 5.91 Å². The van der Waals surface area contributed by atoms with Crippen LogP contribution in [-0.4, -0.2) is 60.4 Å². The van der Waals surface area contributed by atoms with Gasteiger partial charge in [0.15, 0.2) is 0 Å². The number of carbonyl (C=O) groups excluding carboxylic acids is 3. The number of carbonyl (C=O) groups is 3. The summed E-state index contributed by atoms with van der Waals surface area (Å²) in [6.45, 7) is 6.92. The molecular formula is C32H33N7O4. The zero-order valence-electron chi connectivity index (χ0n) is 24.6. The van der Waals surface area contributed by atoms with Crippen LogP contribution in [-0.2, 0) is 29.7 Å². The van der Waals surface area contributed by atoms with Crippen molar-refractivity contribution in [2.24, 2.45) is 7.05 Å². The van der Waals surface area contributed by atoms with Crippen molar-refractivity contribution >= 4 is 46.3 Å². The van der Waals surface area contributed by atoms with Crippen molar-refractivity contribution in [2.45, 2.75) is 58.3 Å². The minimum atomic E-state index is -0.761. The average molecular weight is 580 g/mol. The van der Waals surface area contributed by atoms with E-state index in [1.54, 1.807) is 27.0 Å². The molecule has 0 unspecified atom stereocenters. The van der Waals surface area contributed by atoms with Crippen molar-refractivity contribution < 1.29 is 19.1 Å². The van der Waals surface area contributed by atoms with Crippen LogP contribution in [0.1, 0.15) is 55.1 Å². The number of aromatic nitrogens is 3. The molecule has 43 heavy (non-hydrogen) atoms. The van der Waals surface area contributed by atoms with E-state index in [1.807, 2.05) is 54.2 Å². The maximum absolute atomic E-state index is 13.9. The summed E-state index contributed by atoms with van der Waals surface area (Å²) in [5, 5.41) is 7.25. The third-order valence-electron chi connectivity index (χ3n) is 8.28. The second-order valence-electron chi connectivity index (χ2n) is 12.4. The maximum Gasteiger partial charge on any atom is 0.417 e. The summed E-state index contributed by atoms with van der Waals surface area (Å²) in [5.74, 6) is 0.506. The molecule has 1 aromatic carbocycles. The predicted octanol–water partition coefficient (Wildman–Crippen LogP) is 5.19. The first kappa shape index (κ1) is 27.1. The molecule has 4 aromatic rings. The smallest absolute Gasteiger partial charge is 0.417 e. The number of hydrogen-bond donors (Lipinski definition) is 2. The lowest BCUT2D eigenvalue weighted by Crippen LogP contribution is -2.37. The van der Waals surface area contributed by atoms with E-state index < -0.39 is 17.6 Å². The number of anilines is 3. The van der Waals surface area contributed by atoms with Gasteiger partial charge >= 0.3 is 6.09 Å². The normalized spacial score (nSPS) is 18.2. The number of amides is 3. The van der Waals surface area contributed by atoms with Crippen molar-refractivity contribution in [1.82, 2.24) is 24.3 Å². The molecule has 0 radical (unpaired) electrons. The molecule has 1 atom stereocenters. The number of ether oxygens (including phenoxy) is 1. The molecule has 6 heterocycles. The first-order valence-electron chi connectivity index (χ1n) is 14.5. The molecule has 1 saturated heterocycles. The van der Waals surface area contributed by atoms with Gasteiger partial charge in [0, 0.05) is 36.9 Å². The van der Waals surface area contributed by atoms with Gasteiger partial charge in [-0.15, -0.1) is 0 Å². The fourth-order valence-electron chi connectivity index (χ4n) is 6.30. The van der Waals surface area contributed by atoms with Gasteiger partial charge in [0.1, 0.15) is 22.9 Å². The Balaban J connectivity index is 1.29. The zero-order chi connectivity index (χ0) is 30.0. The SMILES string of the molecule is Cn1ccc2c(-c3ccc(Nc4ccc5c(n4)NC(=O)[C@@H]4CCCN4C5)c4c3CN(C(=O)OC(C)(C)C)C4=O)ccnc21. The second kappa shape index (κ2) is 9.91. The van der Waals surface area contributed by atoms with E-state index in [4.69, 9.17) is 9.72 Å². The highest BCUT2D eigenvalue weighted by atomic mass is 16.6. The highest BCUT2D eigenvalue weighted by molar-refractivity contribution is 6.12. The van der Waals surface area contributed by atoms with Gasteiger partial charge in [-0.3, -0.25) is 14.5 Å². The first-order chi connectivity index (χ1) is 20.6. The van der Waals surface area contributed by atoms with E-state index in [1.165, 1.54) is 0 Å². The van der Waals surface area contributed by atoms with Gasteiger partial charge in [-0.1, -0.05) is 12.1 Å². The molecule has 3 aromatic heterocycles. The van der Waals surface area contributed by atoms with Crippen molar-refractivity contribution in [2.75, 3.05) is 17.2 Å². The molecule has 3 aliphatic heterocycles. The van der Waals surface area contributed by atoms with Gasteiger partial charge in [0.05, 0.1) is 23.8 Å². The lowest BCUT2D eigenvalue weighted by molar-refractivity contribution is -0.120. The molecular weight excluding hydrogens is 546 g/mol. The van der Waals surface area contributed by atoms with Crippen molar-refractivity contribution in [1.29, 1.82) is 0 Å². The largest absolute Gasteiger partial charge is 0.443 e. The lowest BCUT2D eigenvalue weighted by atomic mass is 9.94. The minimum absolute atomic E-state index is 0.0427. The van der Waals surface area contributed by atoms with Crippen LogP contribution in [0.15, 0.2) is 48.8 Å². The van der Waals surface area contributed by atoms with Crippen LogP contribution in [0.3, 0.4) is 0 Å². The molecule has 11 heteroatoms. The van der Waals surface area contributed by atoms with Crippen LogP contribution in [0.25, 0.3) is 22.2 Å². The molecule has 0 aliphatic carbocycles. The number of aryl methyl sites for hydroxylation is 1. The van der Waals surface area contributed by atoms with Gasteiger partial charge in [-0.2, -0.15) is 0 Å². The predicted molar refractivity (Wildman–Crippen MR) is 162 cm³/mol. The highest BCUT2D eigenvalue weighted by Crippen LogP contribution is 2.41. The summed E-state index contributed by atoms with van der Waals surface area (Å²) >= 11 is 0. The number of fused-ring (bicyclic) bond motifs is 4. The van der Waals surface area contributed by atoms with E-state index in [0.717, 1.165) is 52.0 Å². The molecule has 11 nitrogen and oxygen atoms in total. The molecule has 0 saturated carbocycles. The maximum atomic E-state index is 13.9. The van der Waals surface area contributed by atoms with Gasteiger partial charge in [-0.25, -0.2) is 19.7 Å². The van der Waals surface area contributed by atoms with Crippen molar-refractivity contribution in [3.05, 3.63) is 65.5 Å². The lowest BCUT2D eigenvalue weighted by Gasteiger charge is -2.23. The third-order valence-corrected chi connectivity index (χ3v) is 8.28. The quantitative estimate of drug-likeness (QED) is 0.340. The summed E-state index contributed by atoms with van der Waals surface area (Å²) in [6, 6.07) is 11.4. The molecule has 3 aliphatic rings. The molecule has 0 spiro atoms. The Morgan fingerprint density at radius 1 is 1.07 bits per heavy atom. The van der Waals surface area contributed by atoms with Crippen LogP contribution in [0, 0.1) is 0 Å². The minimum Gasteiger partial charge on any atom is -0.443 e. The van der Waals surface area contributed by atoms with Crippen LogP contribution in [0.5, 0.6) is 0 Å². The second-order valence-corrected chi connectivity index (χ2v) is 12.4. The van der Waals surface area contributed by atoms with Gasteiger partial charge in [0.2, 0.25) is 5.91 Å². The standard InChI is InChI=1S/C32H33N7O4/c1-32(2,3)43-31(42)39-17-22-19(20-11-13-33-28-21(20)12-15-37(28)4)8-9-23(26(22)30(39)41)34-25-10-7-18-16-38-14-5-6-24(38)29(40)36-27(18)35-25/h7-13,15,24H,5-6,14,16-17H2,1-4H3,(H2,34,35,36,40)/t24-/m0/s1. The van der Waals surface area contributed by atoms with Crippen LogP contribution < -0.4 is 10.6 Å². The Morgan fingerprint density at radius 2 is 1.91 bits per heavy atom. The molecule has 2 N–H and O–H groups in total. The summed E-state index contributed by atoms with van der Waals surface area (Å²) in [4.78, 5) is 52.5. The fourth-order valence-corrected chi connectivity index (χ4v) is 6.30. The van der Waals surface area contributed by atoms with E-state index in [9.17, 15) is 14.4 Å². The van der Waals surface area contributed by atoms with Gasteiger partial charge < -0.3 is 19.9 Å². The number of imide groups is 1. The molecule has 0 bridgehead atoms. The van der Waals surface area contributed by atoms with Crippen molar-refractivity contribution in [3.63, 3.8) is 0 Å². The summed E-state index contributed by atoms with van der Waals surface area (Å²) in [6.07, 6.45) is 4.84. The highest BCUT2D eigenvalue weighted by Gasteiger charge is 2.39. The zero-order valence-corrected chi connectivity index (χ0v) is 24.6. The molecule has 3 amide bonds. The average Bonchev–Trinajstić information content (AvgIpc) is 3.65. The van der Waals surface area contributed by atoms with Crippen LogP contribution in [0.2, 0.25) is 0 Å². The van der Waals surface area contributed by atoms with Crippen LogP contribution in [0.4, 0.5) is 22.1 Å². The Kier molecular flexibility index (Phi) is 6.24. The molecule has 1 fully saturated rings. The number of rotatable bonds is 3. The topological polar surface area (TPSA) is 122 Å². The molecule has 7 rings (SSSR count). The van der Waals surface area contributed by atoms with E-state index in [2.05, 4.69) is 20.5 Å². The van der Waals surface area contributed by atoms with Crippen LogP contribution >= 0.6 is 0 Å². The Hall–Kier alpha value is -4.77. The van der Waals surface area contributed by atoms with Crippen molar-refractivity contribution in [3.8, 4) is 11.1 Å². The number of nitrogens with zero attached hydrogens (tertiary/aromatic N) is 5. The summed E-state index contributed by atoms with van der Waals surface area (Å²) in [5.41, 5.74) is 4.36. The first-order valence-corrected chi connectivity index (χ1v) is 14.5. The van der Waals surface area contributed by atoms with E-state index in [-0.39, 0.29) is 18.5 Å². The Morgan fingerprint density at radius 3 is 2.72 bits per heavy atom. The third kappa shape index (κ3) is 4.69. The number of hydrogen-bond acceptors (Lipinski definition) is 8. The fraction of sp³-hybridized carbons (Fsp3) is 0.344. The summed E-state index contributed by atoms with van der Waals surface area (Å²) < 4.78 is 7.54. The number of pyridine rings is 2. The van der Waals surface area contributed by atoms with Gasteiger partial charge in [-0.05, 0) is 81.1 Å². The summed E-state index contributed by atoms with van der Waals surface area (Å²) in [7, 11) is 1.93. The monoisotopic (exact) mass is 579 g/mol. The Bertz CT molecular complexity index is 1820. The van der Waals surface area contributed by atoms with E-state index >= 15 is 0 Å². The number of nitrogens with one attached hydrogen (secondary N) is 2. The van der Waals surface area contributed by atoms with E-state index in [0.29, 0.717) is 35.0 Å². The molecule has 220 valence electrons. The number of benzene rings is 1. The Labute approximate surface area is 248 Å².